The molecule has 0 N–H and O–H groups in total. The molecule has 25 heavy (non-hydrogen) atoms. The molecule has 1 aromatic carbocycles. The Labute approximate surface area is 147 Å². The molecule has 2 amide bonds. The van der Waals surface area contributed by atoms with Crippen LogP contribution in [-0.4, -0.2) is 74.6 Å². The van der Waals surface area contributed by atoms with Gasteiger partial charge in [0, 0.05) is 58.5 Å². The highest BCUT2D eigenvalue weighted by molar-refractivity contribution is 5.89. The average molecular weight is 349 g/mol. The smallest absolute Gasteiger partial charge is 0.228 e. The predicted octanol–water partition coefficient (Wildman–Crippen LogP) is 0.969. The second-order valence-electron chi connectivity index (χ2n) is 6.52. The number of anilines is 1. The molecule has 2 saturated heterocycles. The summed E-state index contributed by atoms with van der Waals surface area (Å²) in [4.78, 5) is 30.4. The molecular formula is C18H24FN3O3. The number of hydrogen-bond acceptors (Lipinski definition) is 4. The molecule has 136 valence electrons. The molecule has 0 aliphatic carbocycles. The molecule has 0 unspecified atom stereocenters. The van der Waals surface area contributed by atoms with Gasteiger partial charge >= 0.3 is 0 Å². The first kappa shape index (κ1) is 17.7. The molecule has 1 atom stereocenters. The van der Waals surface area contributed by atoms with Crippen molar-refractivity contribution >= 4 is 17.5 Å². The first-order valence-electron chi connectivity index (χ1n) is 8.64. The van der Waals surface area contributed by atoms with Gasteiger partial charge in [-0.05, 0) is 24.3 Å². The quantitative estimate of drug-likeness (QED) is 0.795. The number of carbonyl (C=O) groups excluding carboxylic acids is 2. The van der Waals surface area contributed by atoms with Crippen molar-refractivity contribution in [3.8, 4) is 0 Å². The Kier molecular flexibility index (Phi) is 5.53. The van der Waals surface area contributed by atoms with Crippen LogP contribution in [0.25, 0.3) is 0 Å². The van der Waals surface area contributed by atoms with Crippen LogP contribution < -0.4 is 4.90 Å². The molecule has 2 heterocycles. The van der Waals surface area contributed by atoms with Gasteiger partial charge < -0.3 is 19.4 Å². The Morgan fingerprint density at radius 2 is 1.88 bits per heavy atom. The van der Waals surface area contributed by atoms with Crippen LogP contribution in [0.4, 0.5) is 10.1 Å². The molecule has 7 heteroatoms. The van der Waals surface area contributed by atoms with E-state index in [1.165, 1.54) is 12.1 Å². The van der Waals surface area contributed by atoms with E-state index in [1.54, 1.807) is 24.1 Å². The summed E-state index contributed by atoms with van der Waals surface area (Å²) in [6.07, 6.45) is 0.292. The van der Waals surface area contributed by atoms with Gasteiger partial charge in [0.05, 0.1) is 12.5 Å². The van der Waals surface area contributed by atoms with Crippen molar-refractivity contribution in [1.82, 2.24) is 9.80 Å². The van der Waals surface area contributed by atoms with Gasteiger partial charge in [-0.2, -0.15) is 0 Å². The summed E-state index contributed by atoms with van der Waals surface area (Å²) < 4.78 is 18.0. The number of carbonyl (C=O) groups is 2. The van der Waals surface area contributed by atoms with Crippen molar-refractivity contribution in [3.05, 3.63) is 30.1 Å². The fourth-order valence-electron chi connectivity index (χ4n) is 3.45. The van der Waals surface area contributed by atoms with Gasteiger partial charge in [-0.25, -0.2) is 4.39 Å². The number of nitrogens with zero attached hydrogens (tertiary/aromatic N) is 3. The van der Waals surface area contributed by atoms with Gasteiger partial charge in [-0.3, -0.25) is 9.59 Å². The van der Waals surface area contributed by atoms with Crippen LogP contribution in [0, 0.1) is 11.7 Å². The largest absolute Gasteiger partial charge is 0.383 e. The Bertz CT molecular complexity index is 614. The standard InChI is InChI=1S/C18H24FN3O3/c1-25-11-10-22-13-14(12-17(22)23)18(24)21-8-6-20(7-9-21)16-4-2-15(19)3-5-16/h2-5,14H,6-13H2,1H3/t14-/m1/s1. The molecule has 2 aliphatic rings. The summed E-state index contributed by atoms with van der Waals surface area (Å²) >= 11 is 0. The van der Waals surface area contributed by atoms with E-state index in [-0.39, 0.29) is 23.5 Å². The number of benzene rings is 1. The zero-order valence-corrected chi connectivity index (χ0v) is 14.5. The topological polar surface area (TPSA) is 53.1 Å². The summed E-state index contributed by atoms with van der Waals surface area (Å²) in [6, 6.07) is 6.42. The van der Waals surface area contributed by atoms with Gasteiger partial charge in [0.15, 0.2) is 0 Å². The minimum atomic E-state index is -0.249. The summed E-state index contributed by atoms with van der Waals surface area (Å²) in [5.41, 5.74) is 0.968. The lowest BCUT2D eigenvalue weighted by Crippen LogP contribution is -2.50. The zero-order valence-electron chi connectivity index (χ0n) is 14.5. The summed E-state index contributed by atoms with van der Waals surface area (Å²) in [5.74, 6) is -0.407. The minimum Gasteiger partial charge on any atom is -0.383 e. The third kappa shape index (κ3) is 4.10. The number of halogens is 1. The number of likely N-dealkylation sites (tertiary alicyclic amines) is 1. The third-order valence-corrected chi connectivity index (χ3v) is 4.91. The Morgan fingerprint density at radius 1 is 1.20 bits per heavy atom. The van der Waals surface area contributed by atoms with Crippen molar-refractivity contribution in [2.45, 2.75) is 6.42 Å². The molecular weight excluding hydrogens is 325 g/mol. The van der Waals surface area contributed by atoms with Gasteiger partial charge in [0.2, 0.25) is 11.8 Å². The Morgan fingerprint density at radius 3 is 2.52 bits per heavy atom. The monoisotopic (exact) mass is 349 g/mol. The maximum absolute atomic E-state index is 13.0. The van der Waals surface area contributed by atoms with Crippen molar-refractivity contribution < 1.29 is 18.7 Å². The maximum Gasteiger partial charge on any atom is 0.228 e. The van der Waals surface area contributed by atoms with E-state index in [4.69, 9.17) is 4.74 Å². The van der Waals surface area contributed by atoms with Gasteiger partial charge in [0.25, 0.3) is 0 Å². The van der Waals surface area contributed by atoms with E-state index in [0.29, 0.717) is 52.3 Å². The lowest BCUT2D eigenvalue weighted by molar-refractivity contribution is -0.136. The molecule has 2 aliphatic heterocycles. The number of methoxy groups -OCH3 is 1. The van der Waals surface area contributed by atoms with Gasteiger partial charge in [-0.1, -0.05) is 0 Å². The van der Waals surface area contributed by atoms with Crippen LogP contribution in [0.15, 0.2) is 24.3 Å². The fraction of sp³-hybridized carbons (Fsp3) is 0.556. The molecule has 0 saturated carbocycles. The third-order valence-electron chi connectivity index (χ3n) is 4.91. The lowest BCUT2D eigenvalue weighted by atomic mass is 10.1. The van der Waals surface area contributed by atoms with Crippen molar-refractivity contribution in [3.63, 3.8) is 0 Å². The van der Waals surface area contributed by atoms with Crippen LogP contribution in [0.5, 0.6) is 0 Å². The highest BCUT2D eigenvalue weighted by Gasteiger charge is 2.37. The molecule has 0 aromatic heterocycles. The number of amides is 2. The van der Waals surface area contributed by atoms with E-state index in [0.717, 1.165) is 5.69 Å². The number of piperazine rings is 1. The molecule has 2 fully saturated rings. The molecule has 3 rings (SSSR count). The van der Waals surface area contributed by atoms with Gasteiger partial charge in [-0.15, -0.1) is 0 Å². The van der Waals surface area contributed by atoms with Crippen LogP contribution in [0.2, 0.25) is 0 Å². The second-order valence-corrected chi connectivity index (χ2v) is 6.52. The molecule has 0 spiro atoms. The zero-order chi connectivity index (χ0) is 17.8. The molecule has 1 aromatic rings. The Hall–Kier alpha value is -2.15. The fourth-order valence-corrected chi connectivity index (χ4v) is 3.45. The van der Waals surface area contributed by atoms with E-state index in [9.17, 15) is 14.0 Å². The van der Waals surface area contributed by atoms with Crippen LogP contribution in [-0.2, 0) is 14.3 Å². The van der Waals surface area contributed by atoms with Crippen LogP contribution in [0.1, 0.15) is 6.42 Å². The summed E-state index contributed by atoms with van der Waals surface area (Å²) in [7, 11) is 1.60. The minimum absolute atomic E-state index is 0.0281. The highest BCUT2D eigenvalue weighted by atomic mass is 19.1. The van der Waals surface area contributed by atoms with E-state index >= 15 is 0 Å². The van der Waals surface area contributed by atoms with E-state index < -0.39 is 0 Å². The first-order valence-corrected chi connectivity index (χ1v) is 8.64. The lowest BCUT2D eigenvalue weighted by Gasteiger charge is -2.37. The first-order chi connectivity index (χ1) is 12.1. The molecule has 0 bridgehead atoms. The summed E-state index contributed by atoms with van der Waals surface area (Å²) in [5, 5.41) is 0. The van der Waals surface area contributed by atoms with Gasteiger partial charge in [0.1, 0.15) is 5.82 Å². The summed E-state index contributed by atoms with van der Waals surface area (Å²) in [6.45, 7) is 4.19. The van der Waals surface area contributed by atoms with E-state index in [2.05, 4.69) is 4.90 Å². The number of rotatable bonds is 5. The van der Waals surface area contributed by atoms with Crippen LogP contribution >= 0.6 is 0 Å². The second kappa shape index (κ2) is 7.82. The predicted molar refractivity (Wildman–Crippen MR) is 91.8 cm³/mol. The number of ether oxygens (including phenoxy) is 1. The normalized spacial score (nSPS) is 21.1. The maximum atomic E-state index is 13.0. The molecule has 6 nitrogen and oxygen atoms in total. The van der Waals surface area contributed by atoms with Crippen molar-refractivity contribution in [2.75, 3.05) is 57.9 Å². The Balaban J connectivity index is 1.52. The highest BCUT2D eigenvalue weighted by Crippen LogP contribution is 2.22. The molecule has 0 radical (unpaired) electrons. The number of hydrogen-bond donors (Lipinski definition) is 0. The van der Waals surface area contributed by atoms with Crippen molar-refractivity contribution in [2.24, 2.45) is 5.92 Å². The van der Waals surface area contributed by atoms with Crippen LogP contribution in [0.3, 0.4) is 0 Å². The average Bonchev–Trinajstić information content (AvgIpc) is 3.01. The van der Waals surface area contributed by atoms with Crippen molar-refractivity contribution in [1.29, 1.82) is 0 Å². The van der Waals surface area contributed by atoms with E-state index in [1.807, 2.05) is 4.90 Å². The SMILES string of the molecule is COCCN1C[C@H](C(=O)N2CCN(c3ccc(F)cc3)CC2)CC1=O.